The van der Waals surface area contributed by atoms with Gasteiger partial charge in [-0.1, -0.05) is 12.1 Å². The van der Waals surface area contributed by atoms with Crippen molar-refractivity contribution in [2.75, 3.05) is 6.61 Å². The molecular formula is C24H22N2O5. The van der Waals surface area contributed by atoms with E-state index in [4.69, 9.17) is 9.15 Å². The van der Waals surface area contributed by atoms with Crippen molar-refractivity contribution >= 4 is 11.7 Å². The summed E-state index contributed by atoms with van der Waals surface area (Å²) in [4.78, 5) is 31.8. The minimum Gasteiger partial charge on any atom is -0.503 e. The number of benzene rings is 1. The molecule has 4 rings (SSSR count). The number of furan rings is 1. The van der Waals surface area contributed by atoms with Gasteiger partial charge in [-0.05, 0) is 61.4 Å². The first-order valence-electron chi connectivity index (χ1n) is 9.96. The molecule has 7 heteroatoms. The lowest BCUT2D eigenvalue weighted by molar-refractivity contribution is -0.130. The fourth-order valence-corrected chi connectivity index (χ4v) is 3.71. The van der Waals surface area contributed by atoms with Crippen LogP contribution in [0.4, 0.5) is 0 Å². The van der Waals surface area contributed by atoms with Crippen LogP contribution in [0.25, 0.3) is 0 Å². The number of nitrogens with zero attached hydrogens (tertiary/aromatic N) is 2. The lowest BCUT2D eigenvalue weighted by Crippen LogP contribution is -2.30. The molecule has 1 amide bonds. The second kappa shape index (κ2) is 8.47. The van der Waals surface area contributed by atoms with Gasteiger partial charge in [-0.15, -0.1) is 0 Å². The average Bonchev–Trinajstić information content (AvgIpc) is 3.31. The van der Waals surface area contributed by atoms with Gasteiger partial charge in [0.2, 0.25) is 5.78 Å². The molecule has 1 atom stereocenters. The molecule has 0 bridgehead atoms. The molecule has 0 saturated heterocycles. The van der Waals surface area contributed by atoms with Crippen LogP contribution in [0.2, 0.25) is 0 Å². The van der Waals surface area contributed by atoms with Crippen molar-refractivity contribution in [3.63, 3.8) is 0 Å². The maximum absolute atomic E-state index is 13.3. The molecule has 31 heavy (non-hydrogen) atoms. The summed E-state index contributed by atoms with van der Waals surface area (Å²) in [6.07, 6.45) is 3.26. The number of ether oxygens (including phenoxy) is 1. The summed E-state index contributed by atoms with van der Waals surface area (Å²) >= 11 is 0. The topological polar surface area (TPSA) is 92.9 Å². The second-order valence-corrected chi connectivity index (χ2v) is 7.20. The number of carbonyl (C=O) groups excluding carboxylic acids is 2. The summed E-state index contributed by atoms with van der Waals surface area (Å²) in [7, 11) is 0. The molecule has 158 valence electrons. The van der Waals surface area contributed by atoms with Crippen LogP contribution in [0, 0.1) is 6.92 Å². The van der Waals surface area contributed by atoms with E-state index < -0.39 is 23.5 Å². The van der Waals surface area contributed by atoms with Crippen LogP contribution >= 0.6 is 0 Å². The zero-order valence-electron chi connectivity index (χ0n) is 17.2. The summed E-state index contributed by atoms with van der Waals surface area (Å²) in [5.41, 5.74) is 1.47. The standard InChI is InChI=1S/C24H22N2O5/c1-3-30-18-6-4-5-17(13-18)21-20(22(27)19-8-7-15(2)31-19)23(28)24(29)26(21)14-16-9-11-25-12-10-16/h4-13,21,28H,3,14H2,1-2H3/t21-/m1/s1. The van der Waals surface area contributed by atoms with Gasteiger partial charge < -0.3 is 19.2 Å². The minimum absolute atomic E-state index is 0.0120. The number of ketones is 1. The van der Waals surface area contributed by atoms with Gasteiger partial charge in [0, 0.05) is 18.9 Å². The van der Waals surface area contributed by atoms with Gasteiger partial charge in [-0.3, -0.25) is 14.6 Å². The van der Waals surface area contributed by atoms with E-state index in [0.29, 0.717) is 23.7 Å². The maximum Gasteiger partial charge on any atom is 0.290 e. The fraction of sp³-hybridized carbons (Fsp3) is 0.208. The first kappa shape index (κ1) is 20.4. The highest BCUT2D eigenvalue weighted by atomic mass is 16.5. The van der Waals surface area contributed by atoms with Gasteiger partial charge in [-0.25, -0.2) is 0 Å². The van der Waals surface area contributed by atoms with Crippen molar-refractivity contribution in [3.8, 4) is 5.75 Å². The third-order valence-electron chi connectivity index (χ3n) is 5.10. The predicted octanol–water partition coefficient (Wildman–Crippen LogP) is 4.16. The molecule has 0 aliphatic carbocycles. The molecular weight excluding hydrogens is 396 g/mol. The number of pyridine rings is 1. The summed E-state index contributed by atoms with van der Waals surface area (Å²) in [6.45, 7) is 4.28. The number of hydrogen-bond donors (Lipinski definition) is 1. The number of aryl methyl sites for hydroxylation is 1. The van der Waals surface area contributed by atoms with Crippen LogP contribution in [-0.2, 0) is 11.3 Å². The second-order valence-electron chi connectivity index (χ2n) is 7.20. The zero-order valence-corrected chi connectivity index (χ0v) is 17.2. The molecule has 1 N–H and O–H groups in total. The number of carbonyl (C=O) groups is 2. The maximum atomic E-state index is 13.3. The lowest BCUT2D eigenvalue weighted by atomic mass is 9.94. The van der Waals surface area contributed by atoms with Gasteiger partial charge in [0.05, 0.1) is 18.2 Å². The number of rotatable bonds is 7. The molecule has 0 saturated carbocycles. The molecule has 0 fully saturated rings. The number of hydrogen-bond acceptors (Lipinski definition) is 6. The van der Waals surface area contributed by atoms with Crippen molar-refractivity contribution in [2.24, 2.45) is 0 Å². The normalized spacial score (nSPS) is 16.1. The van der Waals surface area contributed by atoms with Crippen molar-refractivity contribution in [1.82, 2.24) is 9.88 Å². The van der Waals surface area contributed by atoms with Gasteiger partial charge in [0.1, 0.15) is 11.5 Å². The van der Waals surface area contributed by atoms with E-state index >= 15 is 0 Å². The Morgan fingerprint density at radius 3 is 2.65 bits per heavy atom. The SMILES string of the molecule is CCOc1cccc([C@@H]2C(C(=O)c3ccc(C)o3)=C(O)C(=O)N2Cc2ccncc2)c1. The summed E-state index contributed by atoms with van der Waals surface area (Å²) < 4.78 is 11.1. The number of aliphatic hydroxyl groups excluding tert-OH is 1. The monoisotopic (exact) mass is 418 g/mol. The Balaban J connectivity index is 1.80. The zero-order chi connectivity index (χ0) is 22.0. The van der Waals surface area contributed by atoms with Crippen molar-refractivity contribution in [2.45, 2.75) is 26.4 Å². The van der Waals surface area contributed by atoms with Crippen molar-refractivity contribution in [1.29, 1.82) is 0 Å². The van der Waals surface area contributed by atoms with Gasteiger partial charge in [0.15, 0.2) is 11.5 Å². The lowest BCUT2D eigenvalue weighted by Gasteiger charge is -2.27. The van der Waals surface area contributed by atoms with Crippen LogP contribution < -0.4 is 4.74 Å². The van der Waals surface area contributed by atoms with Crippen molar-refractivity contribution < 1.29 is 23.8 Å². The van der Waals surface area contributed by atoms with E-state index in [-0.39, 0.29) is 17.9 Å². The molecule has 1 aromatic carbocycles. The third-order valence-corrected chi connectivity index (χ3v) is 5.10. The molecule has 3 heterocycles. The van der Waals surface area contributed by atoms with Gasteiger partial charge >= 0.3 is 0 Å². The van der Waals surface area contributed by atoms with Crippen LogP contribution in [0.1, 0.15) is 40.4 Å². The summed E-state index contributed by atoms with van der Waals surface area (Å²) in [5, 5.41) is 10.7. The van der Waals surface area contributed by atoms with E-state index in [9.17, 15) is 14.7 Å². The highest BCUT2D eigenvalue weighted by Crippen LogP contribution is 2.40. The smallest absolute Gasteiger partial charge is 0.290 e. The van der Waals surface area contributed by atoms with E-state index in [0.717, 1.165) is 5.56 Å². The Morgan fingerprint density at radius 1 is 1.19 bits per heavy atom. The average molecular weight is 418 g/mol. The Morgan fingerprint density at radius 2 is 1.97 bits per heavy atom. The molecule has 7 nitrogen and oxygen atoms in total. The van der Waals surface area contributed by atoms with Crippen LogP contribution in [0.15, 0.2) is 76.7 Å². The molecule has 1 aliphatic rings. The number of Topliss-reactive ketones (excluding diaryl/α,β-unsaturated/α-hetero) is 1. The summed E-state index contributed by atoms with van der Waals surface area (Å²) in [6, 6.07) is 13.2. The fourth-order valence-electron chi connectivity index (χ4n) is 3.71. The molecule has 0 unspecified atom stereocenters. The quantitative estimate of drug-likeness (QED) is 0.579. The van der Waals surface area contributed by atoms with E-state index in [2.05, 4.69) is 4.98 Å². The molecule has 0 spiro atoms. The molecule has 0 radical (unpaired) electrons. The summed E-state index contributed by atoms with van der Waals surface area (Å²) in [5.74, 6) is -0.457. The van der Waals surface area contributed by atoms with Crippen LogP contribution in [0.3, 0.4) is 0 Å². The number of aliphatic hydroxyl groups is 1. The van der Waals surface area contributed by atoms with Crippen molar-refractivity contribution in [3.05, 3.63) is 94.9 Å². The van der Waals surface area contributed by atoms with Crippen LogP contribution in [0.5, 0.6) is 5.75 Å². The molecule has 3 aromatic rings. The first-order chi connectivity index (χ1) is 15.0. The van der Waals surface area contributed by atoms with Gasteiger partial charge in [0.25, 0.3) is 5.91 Å². The number of amides is 1. The highest BCUT2D eigenvalue weighted by molar-refractivity contribution is 6.15. The third kappa shape index (κ3) is 3.94. The Kier molecular flexibility index (Phi) is 5.58. The van der Waals surface area contributed by atoms with E-state index in [1.54, 1.807) is 67.8 Å². The predicted molar refractivity (Wildman–Crippen MR) is 113 cm³/mol. The Labute approximate surface area is 179 Å². The van der Waals surface area contributed by atoms with E-state index in [1.807, 2.05) is 6.92 Å². The largest absolute Gasteiger partial charge is 0.503 e. The first-order valence-corrected chi connectivity index (χ1v) is 9.96. The Hall–Kier alpha value is -3.87. The molecule has 1 aliphatic heterocycles. The minimum atomic E-state index is -0.793. The highest BCUT2D eigenvalue weighted by Gasteiger charge is 2.44. The van der Waals surface area contributed by atoms with Crippen LogP contribution in [-0.4, -0.2) is 33.3 Å². The van der Waals surface area contributed by atoms with E-state index in [1.165, 1.54) is 4.90 Å². The number of aromatic nitrogens is 1. The molecule has 2 aromatic heterocycles. The Bertz CT molecular complexity index is 1150. The van der Waals surface area contributed by atoms with Gasteiger partial charge in [-0.2, -0.15) is 0 Å².